The maximum absolute atomic E-state index is 12.3. The van der Waals surface area contributed by atoms with Crippen LogP contribution < -0.4 is 0 Å². The highest BCUT2D eigenvalue weighted by atomic mass is 79.9. The van der Waals surface area contributed by atoms with Crippen LogP contribution in [0.25, 0.3) is 0 Å². The number of ether oxygens (including phenoxy) is 1. The van der Waals surface area contributed by atoms with Crippen molar-refractivity contribution in [2.45, 2.75) is 58.2 Å². The average Bonchev–Trinajstić information content (AvgIpc) is 2.86. The van der Waals surface area contributed by atoms with Crippen molar-refractivity contribution < 1.29 is 9.53 Å². The molecule has 4 nitrogen and oxygen atoms in total. The molecule has 0 saturated carbocycles. The Morgan fingerprint density at radius 1 is 1.23 bits per heavy atom. The molecule has 2 aliphatic heterocycles. The maximum Gasteiger partial charge on any atom is 0.410 e. The van der Waals surface area contributed by atoms with Gasteiger partial charge in [0.25, 0.3) is 0 Å². The summed E-state index contributed by atoms with van der Waals surface area (Å²) in [6, 6.07) is 6.65. The van der Waals surface area contributed by atoms with Crippen molar-refractivity contribution in [3.63, 3.8) is 0 Å². The van der Waals surface area contributed by atoms with Gasteiger partial charge in [-0.15, -0.1) is 0 Å². The van der Waals surface area contributed by atoms with Gasteiger partial charge in [0.1, 0.15) is 0 Å². The predicted molar refractivity (Wildman–Crippen MR) is 108 cm³/mol. The molecule has 2 saturated heterocycles. The lowest BCUT2D eigenvalue weighted by Gasteiger charge is -2.34. The van der Waals surface area contributed by atoms with Gasteiger partial charge >= 0.3 is 6.09 Å². The van der Waals surface area contributed by atoms with Crippen LogP contribution in [0.15, 0.2) is 22.7 Å². The minimum absolute atomic E-state index is 0.0649. The van der Waals surface area contributed by atoms with Crippen molar-refractivity contribution in [3.05, 3.63) is 33.3 Å². The Hall–Kier alpha value is -0.780. The van der Waals surface area contributed by atoms with Gasteiger partial charge in [-0.25, -0.2) is 4.79 Å². The van der Waals surface area contributed by atoms with Crippen LogP contribution in [0.5, 0.6) is 0 Å². The molecule has 2 fully saturated rings. The third-order valence-electron chi connectivity index (χ3n) is 5.40. The lowest BCUT2D eigenvalue weighted by molar-refractivity contribution is 0.0672. The molecule has 0 spiro atoms. The molecule has 1 aromatic carbocycles. The highest BCUT2D eigenvalue weighted by Crippen LogP contribution is 2.34. The summed E-state index contributed by atoms with van der Waals surface area (Å²) < 4.78 is 6.42. The Labute approximate surface area is 169 Å². The van der Waals surface area contributed by atoms with E-state index in [1.165, 1.54) is 18.4 Å². The Morgan fingerprint density at radius 2 is 2.04 bits per heavy atom. The number of rotatable bonds is 3. The van der Waals surface area contributed by atoms with Gasteiger partial charge in [-0.2, -0.15) is 0 Å². The number of carbonyl (C=O) groups excluding carboxylic acids is 1. The summed E-state index contributed by atoms with van der Waals surface area (Å²) >= 11 is 9.75. The first-order chi connectivity index (χ1) is 12.4. The van der Waals surface area contributed by atoms with Crippen LogP contribution in [-0.2, 0) is 11.3 Å². The van der Waals surface area contributed by atoms with E-state index < -0.39 is 0 Å². The fraction of sp³-hybridized carbons (Fsp3) is 0.650. The summed E-state index contributed by atoms with van der Waals surface area (Å²) in [6.45, 7) is 7.44. The van der Waals surface area contributed by atoms with Crippen molar-refractivity contribution in [2.75, 3.05) is 19.6 Å². The fourth-order valence-corrected chi connectivity index (χ4v) is 5.21. The van der Waals surface area contributed by atoms with E-state index in [2.05, 4.69) is 33.0 Å². The van der Waals surface area contributed by atoms with Crippen molar-refractivity contribution in [1.82, 2.24) is 9.80 Å². The van der Waals surface area contributed by atoms with E-state index in [0.717, 1.165) is 54.4 Å². The molecule has 2 heterocycles. The van der Waals surface area contributed by atoms with Crippen LogP contribution in [0.2, 0.25) is 5.02 Å². The summed E-state index contributed by atoms with van der Waals surface area (Å²) in [6.07, 6.45) is 4.28. The smallest absolute Gasteiger partial charge is 0.410 e. The average molecular weight is 444 g/mol. The molecule has 2 atom stereocenters. The van der Waals surface area contributed by atoms with Crippen LogP contribution >= 0.6 is 27.5 Å². The summed E-state index contributed by atoms with van der Waals surface area (Å²) in [5, 5.41) is 0.769. The summed E-state index contributed by atoms with van der Waals surface area (Å²) in [5.74, 6) is 0.737. The van der Waals surface area contributed by atoms with E-state index >= 15 is 0 Å². The maximum atomic E-state index is 12.3. The summed E-state index contributed by atoms with van der Waals surface area (Å²) in [5.41, 5.74) is 1.24. The monoisotopic (exact) mass is 442 g/mol. The van der Waals surface area contributed by atoms with Gasteiger partial charge < -0.3 is 9.64 Å². The van der Waals surface area contributed by atoms with Gasteiger partial charge in [0, 0.05) is 35.2 Å². The Kier molecular flexibility index (Phi) is 6.87. The van der Waals surface area contributed by atoms with Crippen molar-refractivity contribution in [3.8, 4) is 0 Å². The van der Waals surface area contributed by atoms with Gasteiger partial charge in [-0.3, -0.25) is 4.90 Å². The van der Waals surface area contributed by atoms with Crippen LogP contribution in [0.1, 0.15) is 45.1 Å². The number of carbonyl (C=O) groups is 1. The first-order valence-corrected chi connectivity index (χ1v) is 10.7. The molecule has 1 aromatic rings. The molecule has 3 rings (SSSR count). The number of benzene rings is 1. The minimum Gasteiger partial charge on any atom is -0.447 e. The number of hydrogen-bond acceptors (Lipinski definition) is 3. The van der Waals surface area contributed by atoms with Gasteiger partial charge in [0.15, 0.2) is 0 Å². The zero-order valence-corrected chi connectivity index (χ0v) is 17.9. The van der Waals surface area contributed by atoms with E-state index in [0.29, 0.717) is 6.04 Å². The van der Waals surface area contributed by atoms with Crippen molar-refractivity contribution >= 4 is 33.6 Å². The minimum atomic E-state index is -0.165. The van der Waals surface area contributed by atoms with E-state index in [1.807, 2.05) is 24.8 Å². The molecule has 0 N–H and O–H groups in total. The second-order valence-corrected chi connectivity index (χ2v) is 9.07. The molecule has 2 aliphatic rings. The van der Waals surface area contributed by atoms with Gasteiger partial charge in [0.05, 0.1) is 6.10 Å². The number of amides is 1. The van der Waals surface area contributed by atoms with Crippen LogP contribution in [0.4, 0.5) is 4.79 Å². The zero-order chi connectivity index (χ0) is 18.7. The lowest BCUT2D eigenvalue weighted by atomic mass is 9.91. The molecular weight excluding hydrogens is 416 g/mol. The van der Waals surface area contributed by atoms with E-state index in [9.17, 15) is 4.79 Å². The molecular formula is C20H28BrClN2O2. The van der Waals surface area contributed by atoms with Gasteiger partial charge in [-0.05, 0) is 75.8 Å². The van der Waals surface area contributed by atoms with Crippen LogP contribution in [-0.4, -0.2) is 47.7 Å². The molecule has 26 heavy (non-hydrogen) atoms. The Balaban J connectivity index is 1.65. The van der Waals surface area contributed by atoms with Gasteiger partial charge in [-0.1, -0.05) is 27.5 Å². The Bertz CT molecular complexity index is 620. The normalized spacial score (nSPS) is 24.3. The number of nitrogens with zero attached hydrogens (tertiary/aromatic N) is 2. The van der Waals surface area contributed by atoms with Gasteiger partial charge in [0.2, 0.25) is 0 Å². The lowest BCUT2D eigenvalue weighted by Crippen LogP contribution is -2.42. The molecule has 1 amide bonds. The topological polar surface area (TPSA) is 32.8 Å². The summed E-state index contributed by atoms with van der Waals surface area (Å²) in [4.78, 5) is 16.7. The molecule has 144 valence electrons. The Morgan fingerprint density at radius 3 is 2.77 bits per heavy atom. The number of halogens is 2. The highest BCUT2D eigenvalue weighted by molar-refractivity contribution is 9.10. The molecule has 0 aliphatic carbocycles. The SMILES string of the molecule is CC(C)OC(=O)N1CCCC2CCN(Cc3cc(Cl)cc(Br)c3)C2CC1. The fourth-order valence-electron chi connectivity index (χ4n) is 4.28. The number of likely N-dealkylation sites (tertiary alicyclic amines) is 2. The molecule has 0 bridgehead atoms. The third kappa shape index (κ3) is 5.14. The van der Waals surface area contributed by atoms with E-state index in [1.54, 1.807) is 0 Å². The zero-order valence-electron chi connectivity index (χ0n) is 15.6. The predicted octanol–water partition coefficient (Wildman–Crippen LogP) is 5.32. The van der Waals surface area contributed by atoms with E-state index in [4.69, 9.17) is 16.3 Å². The largest absolute Gasteiger partial charge is 0.447 e. The molecule has 0 radical (unpaired) electrons. The number of fused-ring (bicyclic) bond motifs is 1. The third-order valence-corrected chi connectivity index (χ3v) is 6.08. The quantitative estimate of drug-likeness (QED) is 0.633. The number of hydrogen-bond donors (Lipinski definition) is 0. The first kappa shape index (κ1) is 20.0. The highest BCUT2D eigenvalue weighted by Gasteiger charge is 2.35. The van der Waals surface area contributed by atoms with Crippen molar-refractivity contribution in [1.29, 1.82) is 0 Å². The van der Waals surface area contributed by atoms with E-state index in [-0.39, 0.29) is 12.2 Å². The van der Waals surface area contributed by atoms with Crippen LogP contribution in [0, 0.1) is 5.92 Å². The molecule has 6 heteroatoms. The second-order valence-electron chi connectivity index (χ2n) is 7.71. The standard InChI is InChI=1S/C20H28BrClN2O2/c1-14(2)26-20(25)23-7-3-4-16-5-8-24(19(16)6-9-23)13-15-10-17(21)12-18(22)11-15/h10-12,14,16,19H,3-9,13H2,1-2H3. The molecule has 2 unspecified atom stereocenters. The molecule has 0 aromatic heterocycles. The second kappa shape index (κ2) is 8.94. The first-order valence-electron chi connectivity index (χ1n) is 9.57. The van der Waals surface area contributed by atoms with Crippen molar-refractivity contribution in [2.24, 2.45) is 5.92 Å². The van der Waals surface area contributed by atoms with Crippen LogP contribution in [0.3, 0.4) is 0 Å². The summed E-state index contributed by atoms with van der Waals surface area (Å²) in [7, 11) is 0.